The Morgan fingerprint density at radius 1 is 1.24 bits per heavy atom. The van der Waals surface area contributed by atoms with Crippen LogP contribution in [0.4, 0.5) is 5.82 Å². The van der Waals surface area contributed by atoms with Crippen molar-refractivity contribution in [3.8, 4) is 0 Å². The number of likely N-dealkylation sites (N-methyl/N-ethyl adjacent to an activating group) is 1. The van der Waals surface area contributed by atoms with E-state index in [0.717, 1.165) is 79.7 Å². The first-order chi connectivity index (χ1) is 14.0. The van der Waals surface area contributed by atoms with E-state index in [1.807, 2.05) is 25.8 Å². The van der Waals surface area contributed by atoms with E-state index >= 15 is 0 Å². The second kappa shape index (κ2) is 8.10. The van der Waals surface area contributed by atoms with E-state index in [1.165, 1.54) is 5.56 Å². The maximum atomic E-state index is 13.2. The molecule has 0 aromatic carbocycles. The predicted octanol–water partition coefficient (Wildman–Crippen LogP) is 2.41. The Balaban J connectivity index is 1.63. The van der Waals surface area contributed by atoms with Gasteiger partial charge >= 0.3 is 0 Å². The molecule has 4 heterocycles. The van der Waals surface area contributed by atoms with Crippen molar-refractivity contribution in [3.05, 3.63) is 34.1 Å². The number of aryl methyl sites for hydroxylation is 2. The van der Waals surface area contributed by atoms with E-state index in [1.54, 1.807) is 0 Å². The van der Waals surface area contributed by atoms with Gasteiger partial charge in [-0.1, -0.05) is 5.16 Å². The van der Waals surface area contributed by atoms with Gasteiger partial charge in [0.25, 0.3) is 0 Å². The second-order valence-electron chi connectivity index (χ2n) is 8.17. The average molecular weight is 399 g/mol. The molecule has 2 aliphatic rings. The third kappa shape index (κ3) is 3.85. The normalized spacial score (nSPS) is 19.9. The lowest BCUT2D eigenvalue weighted by atomic mass is 9.98. The van der Waals surface area contributed by atoms with Gasteiger partial charge in [-0.3, -0.25) is 4.79 Å². The molecule has 0 bridgehead atoms. The fourth-order valence-electron chi connectivity index (χ4n) is 4.43. The molecule has 1 fully saturated rings. The van der Waals surface area contributed by atoms with E-state index < -0.39 is 0 Å². The summed E-state index contributed by atoms with van der Waals surface area (Å²) in [6.45, 7) is 6.33. The molecule has 0 saturated carbocycles. The minimum absolute atomic E-state index is 0.0752. The van der Waals surface area contributed by atoms with Gasteiger partial charge in [0.15, 0.2) is 5.82 Å². The zero-order chi connectivity index (χ0) is 20.5. The molecule has 1 unspecified atom stereocenters. The topological polar surface area (TPSA) is 87.4 Å². The number of aromatic nitrogens is 3. The van der Waals surface area contributed by atoms with Crippen molar-refractivity contribution in [1.82, 2.24) is 24.9 Å². The molecule has 29 heavy (non-hydrogen) atoms. The Morgan fingerprint density at radius 3 is 2.79 bits per heavy atom. The van der Waals surface area contributed by atoms with Gasteiger partial charge in [0.05, 0.1) is 23.9 Å². The first-order valence-electron chi connectivity index (χ1n) is 10.4. The Hall–Kier alpha value is -2.48. The summed E-state index contributed by atoms with van der Waals surface area (Å²) in [7, 11) is 4.02. The lowest BCUT2D eigenvalue weighted by Crippen LogP contribution is -2.40. The number of likely N-dealkylation sites (tertiary alicyclic amines) is 1. The van der Waals surface area contributed by atoms with Gasteiger partial charge in [-0.15, -0.1) is 0 Å². The smallest absolute Gasteiger partial charge is 0.227 e. The van der Waals surface area contributed by atoms with Crippen molar-refractivity contribution in [3.63, 3.8) is 0 Å². The zero-order valence-electron chi connectivity index (χ0n) is 17.8. The van der Waals surface area contributed by atoms with Crippen LogP contribution in [0.5, 0.6) is 0 Å². The minimum atomic E-state index is -0.0752. The lowest BCUT2D eigenvalue weighted by Gasteiger charge is -2.36. The molecule has 1 N–H and O–H groups in total. The molecule has 0 aliphatic carbocycles. The minimum Gasteiger partial charge on any atom is -0.373 e. The van der Waals surface area contributed by atoms with Gasteiger partial charge in [0.1, 0.15) is 11.6 Å². The summed E-state index contributed by atoms with van der Waals surface area (Å²) in [6.07, 6.45) is 4.22. The van der Waals surface area contributed by atoms with Crippen LogP contribution in [0, 0.1) is 13.8 Å². The highest BCUT2D eigenvalue weighted by atomic mass is 16.5. The van der Waals surface area contributed by atoms with Crippen LogP contribution >= 0.6 is 0 Å². The van der Waals surface area contributed by atoms with Crippen molar-refractivity contribution in [2.75, 3.05) is 32.5 Å². The van der Waals surface area contributed by atoms with Crippen LogP contribution in [0.25, 0.3) is 0 Å². The molecular formula is C21H30N6O2. The maximum Gasteiger partial charge on any atom is 0.227 e. The molecule has 1 atom stereocenters. The van der Waals surface area contributed by atoms with Crippen molar-refractivity contribution in [1.29, 1.82) is 0 Å². The number of piperidine rings is 1. The number of rotatable bonds is 4. The van der Waals surface area contributed by atoms with Gasteiger partial charge in [0, 0.05) is 44.2 Å². The molecular weight excluding hydrogens is 368 g/mol. The largest absolute Gasteiger partial charge is 0.373 e. The highest BCUT2D eigenvalue weighted by Gasteiger charge is 2.32. The molecule has 0 radical (unpaired) electrons. The quantitative estimate of drug-likeness (QED) is 0.846. The summed E-state index contributed by atoms with van der Waals surface area (Å²) in [5.74, 6) is 2.47. The van der Waals surface area contributed by atoms with E-state index in [9.17, 15) is 4.79 Å². The van der Waals surface area contributed by atoms with Gasteiger partial charge in [0.2, 0.25) is 5.91 Å². The average Bonchev–Trinajstić information content (AvgIpc) is 3.05. The van der Waals surface area contributed by atoms with Crippen LogP contribution in [-0.4, -0.2) is 58.0 Å². The maximum absolute atomic E-state index is 13.2. The summed E-state index contributed by atoms with van der Waals surface area (Å²) in [5, 5.41) is 7.23. The Morgan fingerprint density at radius 2 is 2.07 bits per heavy atom. The predicted molar refractivity (Wildman–Crippen MR) is 110 cm³/mol. The van der Waals surface area contributed by atoms with Crippen molar-refractivity contribution in [2.45, 2.75) is 58.5 Å². The molecule has 156 valence electrons. The van der Waals surface area contributed by atoms with E-state index in [0.29, 0.717) is 6.42 Å². The highest BCUT2D eigenvalue weighted by Crippen LogP contribution is 2.33. The number of amides is 1. The summed E-state index contributed by atoms with van der Waals surface area (Å²) in [4.78, 5) is 27.3. The number of nitrogens with zero attached hydrogens (tertiary/aromatic N) is 5. The third-order valence-corrected chi connectivity index (χ3v) is 6.14. The SMILES string of the molecule is CNc1nc(C2CCCCN2C(=O)Cc2c(C)noc2C)nc2c1CN(C)CC2. The third-order valence-electron chi connectivity index (χ3n) is 6.14. The Bertz CT molecular complexity index is 872. The number of carbonyl (C=O) groups excluding carboxylic acids is 1. The van der Waals surface area contributed by atoms with E-state index in [-0.39, 0.29) is 11.9 Å². The van der Waals surface area contributed by atoms with Crippen LogP contribution in [0.3, 0.4) is 0 Å². The molecule has 8 nitrogen and oxygen atoms in total. The summed E-state index contributed by atoms with van der Waals surface area (Å²) in [6, 6.07) is -0.0752. The number of nitrogens with one attached hydrogen (secondary N) is 1. The Kier molecular flexibility index (Phi) is 5.54. The number of fused-ring (bicyclic) bond motifs is 1. The van der Waals surface area contributed by atoms with Gasteiger partial charge < -0.3 is 19.6 Å². The zero-order valence-corrected chi connectivity index (χ0v) is 17.8. The molecule has 4 rings (SSSR count). The molecule has 1 saturated heterocycles. The molecule has 1 amide bonds. The van der Waals surface area contributed by atoms with Crippen LogP contribution < -0.4 is 5.32 Å². The van der Waals surface area contributed by atoms with E-state index in [4.69, 9.17) is 14.5 Å². The Labute approximate surface area is 171 Å². The molecule has 2 aromatic heterocycles. The first-order valence-corrected chi connectivity index (χ1v) is 10.4. The van der Waals surface area contributed by atoms with Crippen LogP contribution in [0.2, 0.25) is 0 Å². The second-order valence-corrected chi connectivity index (χ2v) is 8.17. The van der Waals surface area contributed by atoms with Gasteiger partial charge in [-0.25, -0.2) is 9.97 Å². The van der Waals surface area contributed by atoms with Crippen LogP contribution in [0.1, 0.15) is 59.4 Å². The molecule has 2 aromatic rings. The summed E-state index contributed by atoms with van der Waals surface area (Å²) in [5.41, 5.74) is 3.97. The van der Waals surface area contributed by atoms with Crippen LogP contribution in [0.15, 0.2) is 4.52 Å². The lowest BCUT2D eigenvalue weighted by molar-refractivity contribution is -0.134. The number of hydrogen-bond donors (Lipinski definition) is 1. The number of anilines is 1. The molecule has 8 heteroatoms. The van der Waals surface area contributed by atoms with Crippen molar-refractivity contribution < 1.29 is 9.32 Å². The number of hydrogen-bond acceptors (Lipinski definition) is 7. The first kappa shape index (κ1) is 19.8. The van der Waals surface area contributed by atoms with Gasteiger partial charge in [-0.05, 0) is 40.2 Å². The van der Waals surface area contributed by atoms with E-state index in [2.05, 4.69) is 22.4 Å². The standard InChI is InChI=1S/C21H30N6O2/c1-13-15(14(2)29-25-13)11-19(28)27-9-6-5-7-18(27)21-23-17-8-10-26(4)12-16(17)20(22-3)24-21/h18H,5-12H2,1-4H3,(H,22,23,24). The van der Waals surface area contributed by atoms with Gasteiger partial charge in [-0.2, -0.15) is 0 Å². The van der Waals surface area contributed by atoms with Crippen LogP contribution in [-0.2, 0) is 24.2 Å². The molecule has 2 aliphatic heterocycles. The highest BCUT2D eigenvalue weighted by molar-refractivity contribution is 5.79. The van der Waals surface area contributed by atoms with Crippen molar-refractivity contribution in [2.24, 2.45) is 0 Å². The van der Waals surface area contributed by atoms with Crippen molar-refractivity contribution >= 4 is 11.7 Å². The molecule has 0 spiro atoms. The summed E-state index contributed by atoms with van der Waals surface area (Å²) >= 11 is 0. The summed E-state index contributed by atoms with van der Waals surface area (Å²) < 4.78 is 5.24. The number of carbonyl (C=O) groups is 1. The fraction of sp³-hybridized carbons (Fsp3) is 0.619. The monoisotopic (exact) mass is 398 g/mol. The fourth-order valence-corrected chi connectivity index (χ4v) is 4.43.